The lowest BCUT2D eigenvalue weighted by Crippen LogP contribution is -2.36. The molecule has 0 unspecified atom stereocenters. The fourth-order valence-corrected chi connectivity index (χ4v) is 2.40. The summed E-state index contributed by atoms with van der Waals surface area (Å²) in [6.07, 6.45) is 7.70. The topological polar surface area (TPSA) is 65.8 Å². The zero-order chi connectivity index (χ0) is 13.0. The number of amides is 1. The van der Waals surface area contributed by atoms with Crippen molar-refractivity contribution in [1.29, 1.82) is 5.26 Å². The summed E-state index contributed by atoms with van der Waals surface area (Å²) in [6.45, 7) is 1.89. The van der Waals surface area contributed by atoms with E-state index in [9.17, 15) is 10.1 Å². The highest BCUT2D eigenvalue weighted by atomic mass is 16.2. The fraction of sp³-hybridized carbons (Fsp3) is 0.500. The van der Waals surface area contributed by atoms with Gasteiger partial charge >= 0.3 is 0 Å². The highest BCUT2D eigenvalue weighted by Gasteiger charge is 2.39. The average Bonchev–Trinajstić information content (AvgIpc) is 2.42. The van der Waals surface area contributed by atoms with Gasteiger partial charge < -0.3 is 5.32 Å². The van der Waals surface area contributed by atoms with Crippen LogP contribution in [0.5, 0.6) is 0 Å². The number of pyridine rings is 1. The number of aromatic nitrogens is 1. The first kappa shape index (κ1) is 12.6. The summed E-state index contributed by atoms with van der Waals surface area (Å²) in [7, 11) is 0. The fourth-order valence-electron chi connectivity index (χ4n) is 2.40. The Morgan fingerprint density at radius 2 is 2.17 bits per heavy atom. The number of hydrogen-bond donors (Lipinski definition) is 1. The second-order valence-electron chi connectivity index (χ2n) is 4.90. The minimum absolute atomic E-state index is 0.168. The smallest absolute Gasteiger partial charge is 0.244 e. The lowest BCUT2D eigenvalue weighted by molar-refractivity contribution is -0.124. The van der Waals surface area contributed by atoms with Gasteiger partial charge in [-0.2, -0.15) is 5.26 Å². The van der Waals surface area contributed by atoms with Crippen molar-refractivity contribution in [2.24, 2.45) is 5.41 Å². The van der Waals surface area contributed by atoms with Crippen LogP contribution in [0.4, 0.5) is 5.69 Å². The Hall–Kier alpha value is -1.89. The van der Waals surface area contributed by atoms with Crippen molar-refractivity contribution in [3.63, 3.8) is 0 Å². The Morgan fingerprint density at radius 1 is 1.44 bits per heavy atom. The van der Waals surface area contributed by atoms with E-state index in [4.69, 9.17) is 0 Å². The molecule has 0 radical (unpaired) electrons. The summed E-state index contributed by atoms with van der Waals surface area (Å²) in [5.41, 5.74) is 0.818. The third-order valence-electron chi connectivity index (χ3n) is 3.62. The number of nitrogens with one attached hydrogen (secondary N) is 1. The van der Waals surface area contributed by atoms with Crippen molar-refractivity contribution in [1.82, 2.24) is 4.98 Å². The molecule has 0 spiro atoms. The zero-order valence-electron chi connectivity index (χ0n) is 10.6. The highest BCUT2D eigenvalue weighted by Crippen LogP contribution is 2.36. The highest BCUT2D eigenvalue weighted by molar-refractivity contribution is 5.97. The van der Waals surface area contributed by atoms with Crippen LogP contribution in [0.15, 0.2) is 18.5 Å². The molecule has 1 heterocycles. The lowest BCUT2D eigenvalue weighted by Gasteiger charge is -2.29. The first-order valence-electron chi connectivity index (χ1n) is 6.31. The Bertz CT molecular complexity index is 484. The molecular weight excluding hydrogens is 226 g/mol. The molecule has 1 aromatic rings. The van der Waals surface area contributed by atoms with Crippen molar-refractivity contribution in [3.8, 4) is 6.07 Å². The molecule has 94 valence electrons. The normalized spacial score (nSPS) is 17.8. The predicted octanol–water partition coefficient (Wildman–Crippen LogP) is 2.80. The van der Waals surface area contributed by atoms with Crippen LogP contribution in [0.25, 0.3) is 0 Å². The number of hydrogen-bond acceptors (Lipinski definition) is 3. The van der Waals surface area contributed by atoms with Crippen LogP contribution >= 0.6 is 0 Å². The monoisotopic (exact) mass is 243 g/mol. The molecule has 1 aliphatic carbocycles. The lowest BCUT2D eigenvalue weighted by atomic mass is 9.74. The molecule has 0 aromatic carbocycles. The van der Waals surface area contributed by atoms with Crippen molar-refractivity contribution in [2.45, 2.75) is 39.0 Å². The van der Waals surface area contributed by atoms with Gasteiger partial charge in [-0.3, -0.25) is 9.78 Å². The minimum atomic E-state index is -0.839. The van der Waals surface area contributed by atoms with E-state index in [2.05, 4.69) is 16.4 Å². The van der Waals surface area contributed by atoms with E-state index in [1.165, 1.54) is 0 Å². The van der Waals surface area contributed by atoms with E-state index in [1.54, 1.807) is 18.5 Å². The number of anilines is 1. The van der Waals surface area contributed by atoms with Gasteiger partial charge in [-0.15, -0.1) is 0 Å². The largest absolute Gasteiger partial charge is 0.324 e. The van der Waals surface area contributed by atoms with Gasteiger partial charge in [0.2, 0.25) is 5.91 Å². The van der Waals surface area contributed by atoms with E-state index in [1.807, 2.05) is 6.92 Å². The van der Waals surface area contributed by atoms with E-state index < -0.39 is 5.41 Å². The maximum absolute atomic E-state index is 12.3. The second-order valence-corrected chi connectivity index (χ2v) is 4.90. The first-order valence-corrected chi connectivity index (χ1v) is 6.31. The molecule has 0 atom stereocenters. The van der Waals surface area contributed by atoms with Crippen LogP contribution in [-0.2, 0) is 4.79 Å². The Kier molecular flexibility index (Phi) is 3.61. The summed E-state index contributed by atoms with van der Waals surface area (Å²) in [6, 6.07) is 3.99. The third-order valence-corrected chi connectivity index (χ3v) is 3.62. The Balaban J connectivity index is 2.16. The minimum Gasteiger partial charge on any atom is -0.324 e. The molecule has 2 rings (SSSR count). The predicted molar refractivity (Wildman–Crippen MR) is 68.7 cm³/mol. The number of nitrogens with zero attached hydrogens (tertiary/aromatic N) is 2. The number of nitriles is 1. The maximum Gasteiger partial charge on any atom is 0.244 e. The SMILES string of the molecule is Cc1cnccc1NC(=O)C1(C#N)CCCCC1. The summed E-state index contributed by atoms with van der Waals surface area (Å²) < 4.78 is 0. The molecule has 1 fully saturated rings. The molecule has 0 bridgehead atoms. The molecule has 1 aromatic heterocycles. The van der Waals surface area contributed by atoms with E-state index in [0.717, 1.165) is 30.5 Å². The van der Waals surface area contributed by atoms with Crippen LogP contribution in [0, 0.1) is 23.7 Å². The van der Waals surface area contributed by atoms with Gasteiger partial charge in [0.15, 0.2) is 0 Å². The number of carbonyl (C=O) groups excluding carboxylic acids is 1. The van der Waals surface area contributed by atoms with Gasteiger partial charge in [-0.25, -0.2) is 0 Å². The van der Waals surface area contributed by atoms with Crippen LogP contribution in [-0.4, -0.2) is 10.9 Å². The van der Waals surface area contributed by atoms with Crippen molar-refractivity contribution < 1.29 is 4.79 Å². The van der Waals surface area contributed by atoms with Crippen molar-refractivity contribution in [3.05, 3.63) is 24.0 Å². The van der Waals surface area contributed by atoms with Gasteiger partial charge in [0.25, 0.3) is 0 Å². The first-order chi connectivity index (χ1) is 8.68. The summed E-state index contributed by atoms with van der Waals surface area (Å²) in [5, 5.41) is 12.2. The van der Waals surface area contributed by atoms with Gasteiger partial charge in [0.05, 0.1) is 6.07 Å². The summed E-state index contributed by atoms with van der Waals surface area (Å²) >= 11 is 0. The molecule has 1 amide bonds. The van der Waals surface area contributed by atoms with Crippen LogP contribution < -0.4 is 5.32 Å². The quantitative estimate of drug-likeness (QED) is 0.868. The molecule has 1 N–H and O–H groups in total. The molecule has 4 heteroatoms. The van der Waals surface area contributed by atoms with E-state index >= 15 is 0 Å². The number of carbonyl (C=O) groups is 1. The van der Waals surface area contributed by atoms with Crippen molar-refractivity contribution >= 4 is 11.6 Å². The standard InChI is InChI=1S/C14H17N3O/c1-11-9-16-8-5-12(11)17-13(18)14(10-15)6-3-2-4-7-14/h5,8-9H,2-4,6-7H2,1H3,(H,16,17,18). The van der Waals surface area contributed by atoms with Crippen molar-refractivity contribution in [2.75, 3.05) is 5.32 Å². The average molecular weight is 243 g/mol. The van der Waals surface area contributed by atoms with E-state index in [0.29, 0.717) is 12.8 Å². The van der Waals surface area contributed by atoms with Gasteiger partial charge in [-0.05, 0) is 31.4 Å². The molecule has 4 nitrogen and oxygen atoms in total. The van der Waals surface area contributed by atoms with E-state index in [-0.39, 0.29) is 5.91 Å². The maximum atomic E-state index is 12.3. The van der Waals surface area contributed by atoms with Gasteiger partial charge in [0, 0.05) is 18.1 Å². The second kappa shape index (κ2) is 5.18. The Labute approximate surface area is 107 Å². The van der Waals surface area contributed by atoms with Crippen LogP contribution in [0.1, 0.15) is 37.7 Å². The van der Waals surface area contributed by atoms with Crippen LogP contribution in [0.2, 0.25) is 0 Å². The molecule has 0 saturated heterocycles. The zero-order valence-corrected chi connectivity index (χ0v) is 10.6. The van der Waals surface area contributed by atoms with Gasteiger partial charge in [-0.1, -0.05) is 19.3 Å². The molecule has 1 saturated carbocycles. The molecule has 18 heavy (non-hydrogen) atoms. The molecule has 1 aliphatic rings. The summed E-state index contributed by atoms with van der Waals surface area (Å²) in [4.78, 5) is 16.3. The number of rotatable bonds is 2. The van der Waals surface area contributed by atoms with Gasteiger partial charge in [0.1, 0.15) is 5.41 Å². The summed E-state index contributed by atoms with van der Waals surface area (Å²) in [5.74, 6) is -0.168. The van der Waals surface area contributed by atoms with Crippen LogP contribution in [0.3, 0.4) is 0 Å². The number of aryl methyl sites for hydroxylation is 1. The molecular formula is C14H17N3O. The Morgan fingerprint density at radius 3 is 2.78 bits per heavy atom. The molecule has 0 aliphatic heterocycles. The third kappa shape index (κ3) is 2.35.